The van der Waals surface area contributed by atoms with Gasteiger partial charge < -0.3 is 4.90 Å². The molecule has 0 atom stereocenters. The highest BCUT2D eigenvalue weighted by Crippen LogP contribution is 2.37. The summed E-state index contributed by atoms with van der Waals surface area (Å²) in [5.41, 5.74) is 2.39. The van der Waals surface area contributed by atoms with E-state index in [1.807, 2.05) is 11.8 Å². The second-order valence-electron chi connectivity index (χ2n) is 4.18. The van der Waals surface area contributed by atoms with Gasteiger partial charge in [-0.05, 0) is 34.0 Å². The van der Waals surface area contributed by atoms with Crippen LogP contribution in [0.15, 0.2) is 21.7 Å². The van der Waals surface area contributed by atoms with Gasteiger partial charge >= 0.3 is 0 Å². The van der Waals surface area contributed by atoms with Gasteiger partial charge in [0.2, 0.25) is 5.28 Å². The summed E-state index contributed by atoms with van der Waals surface area (Å²) in [7, 11) is 2.05. The summed E-state index contributed by atoms with van der Waals surface area (Å²) >= 11 is 9.53. The number of hydrogen-bond donors (Lipinski definition) is 0. The van der Waals surface area contributed by atoms with Crippen LogP contribution in [0.1, 0.15) is 11.3 Å². The van der Waals surface area contributed by atoms with Gasteiger partial charge in [-0.1, -0.05) is 0 Å². The van der Waals surface area contributed by atoms with Gasteiger partial charge in [-0.3, -0.25) is 0 Å². The van der Waals surface area contributed by atoms with E-state index in [0.29, 0.717) is 5.28 Å². The van der Waals surface area contributed by atoms with Crippen molar-refractivity contribution in [2.75, 3.05) is 17.7 Å². The van der Waals surface area contributed by atoms with Gasteiger partial charge in [-0.25, -0.2) is 4.98 Å². The van der Waals surface area contributed by atoms with Gasteiger partial charge in [0.1, 0.15) is 5.82 Å². The van der Waals surface area contributed by atoms with Crippen LogP contribution in [0, 0.1) is 0 Å². The predicted molar refractivity (Wildman–Crippen MR) is 77.9 cm³/mol. The Morgan fingerprint density at radius 1 is 1.44 bits per heavy atom. The van der Waals surface area contributed by atoms with Crippen LogP contribution in [0.2, 0.25) is 5.28 Å². The quantitative estimate of drug-likeness (QED) is 0.811. The standard InChI is InChI=1S/C12H12ClN3S2/c1-16(6-8-2-4-17-7-8)11-10-9(3-5-18-10)14-12(13)15-11/h2,4,7H,3,5-6H2,1H3. The number of aryl methyl sites for hydroxylation is 1. The molecule has 2 aromatic heterocycles. The Kier molecular flexibility index (Phi) is 3.46. The van der Waals surface area contributed by atoms with Crippen LogP contribution < -0.4 is 4.90 Å². The largest absolute Gasteiger partial charge is 0.354 e. The van der Waals surface area contributed by atoms with E-state index in [1.54, 1.807) is 11.3 Å². The van der Waals surface area contributed by atoms with E-state index in [2.05, 4.69) is 38.7 Å². The highest BCUT2D eigenvalue weighted by atomic mass is 35.5. The first-order valence-corrected chi connectivity index (χ1v) is 7.96. The third-order valence-electron chi connectivity index (χ3n) is 2.84. The van der Waals surface area contributed by atoms with Gasteiger partial charge in [0, 0.05) is 25.8 Å². The molecular weight excluding hydrogens is 286 g/mol. The zero-order valence-corrected chi connectivity index (χ0v) is 12.3. The van der Waals surface area contributed by atoms with Crippen molar-refractivity contribution in [3.8, 4) is 0 Å². The molecule has 0 aliphatic carbocycles. The fourth-order valence-electron chi connectivity index (χ4n) is 2.01. The van der Waals surface area contributed by atoms with Crippen molar-refractivity contribution in [3.05, 3.63) is 33.4 Å². The van der Waals surface area contributed by atoms with Crippen molar-refractivity contribution in [1.29, 1.82) is 0 Å². The topological polar surface area (TPSA) is 29.0 Å². The minimum atomic E-state index is 0.350. The zero-order chi connectivity index (χ0) is 12.5. The van der Waals surface area contributed by atoms with Crippen LogP contribution in [-0.2, 0) is 13.0 Å². The number of thiophene rings is 1. The number of fused-ring (bicyclic) bond motifs is 1. The lowest BCUT2D eigenvalue weighted by Gasteiger charge is -2.20. The van der Waals surface area contributed by atoms with E-state index in [0.717, 1.165) is 30.2 Å². The first-order chi connectivity index (χ1) is 8.74. The molecule has 3 rings (SSSR count). The maximum Gasteiger partial charge on any atom is 0.224 e. The van der Waals surface area contributed by atoms with E-state index in [1.165, 1.54) is 10.5 Å². The van der Waals surface area contributed by atoms with Crippen LogP contribution in [0.5, 0.6) is 0 Å². The van der Waals surface area contributed by atoms with Gasteiger partial charge in [-0.2, -0.15) is 16.3 Å². The van der Waals surface area contributed by atoms with E-state index < -0.39 is 0 Å². The van der Waals surface area contributed by atoms with E-state index in [-0.39, 0.29) is 0 Å². The molecular formula is C12H12ClN3S2. The monoisotopic (exact) mass is 297 g/mol. The summed E-state index contributed by atoms with van der Waals surface area (Å²) in [6.07, 6.45) is 0.988. The summed E-state index contributed by atoms with van der Waals surface area (Å²) in [6, 6.07) is 2.14. The summed E-state index contributed by atoms with van der Waals surface area (Å²) < 4.78 is 0. The Labute approximate surface area is 119 Å². The minimum Gasteiger partial charge on any atom is -0.354 e. The molecule has 0 unspecified atom stereocenters. The molecule has 0 radical (unpaired) electrons. The molecule has 0 fully saturated rings. The smallest absolute Gasteiger partial charge is 0.224 e. The van der Waals surface area contributed by atoms with Crippen molar-refractivity contribution in [3.63, 3.8) is 0 Å². The lowest BCUT2D eigenvalue weighted by Crippen LogP contribution is -2.18. The zero-order valence-electron chi connectivity index (χ0n) is 9.89. The van der Waals surface area contributed by atoms with Gasteiger partial charge in [0.15, 0.2) is 0 Å². The summed E-state index contributed by atoms with van der Waals surface area (Å²) in [6.45, 7) is 0.851. The molecule has 3 nitrogen and oxygen atoms in total. The van der Waals surface area contributed by atoms with Crippen LogP contribution in [0.25, 0.3) is 0 Å². The van der Waals surface area contributed by atoms with Crippen LogP contribution >= 0.6 is 34.7 Å². The van der Waals surface area contributed by atoms with Crippen molar-refractivity contribution < 1.29 is 0 Å². The van der Waals surface area contributed by atoms with Crippen molar-refractivity contribution >= 4 is 40.5 Å². The van der Waals surface area contributed by atoms with E-state index in [9.17, 15) is 0 Å². The number of anilines is 1. The van der Waals surface area contributed by atoms with E-state index in [4.69, 9.17) is 11.6 Å². The SMILES string of the molecule is CN(Cc1ccsc1)c1nc(Cl)nc2c1SCC2. The second kappa shape index (κ2) is 5.07. The van der Waals surface area contributed by atoms with Crippen LogP contribution in [0.4, 0.5) is 5.82 Å². The van der Waals surface area contributed by atoms with Gasteiger partial charge in [0.05, 0.1) is 10.6 Å². The molecule has 0 N–H and O–H groups in total. The molecule has 0 saturated carbocycles. The Morgan fingerprint density at radius 3 is 3.11 bits per heavy atom. The molecule has 2 aromatic rings. The summed E-state index contributed by atoms with van der Waals surface area (Å²) in [5, 5.41) is 4.60. The van der Waals surface area contributed by atoms with Crippen LogP contribution in [0.3, 0.4) is 0 Å². The third-order valence-corrected chi connectivity index (χ3v) is 4.85. The van der Waals surface area contributed by atoms with Crippen molar-refractivity contribution in [1.82, 2.24) is 9.97 Å². The van der Waals surface area contributed by atoms with Gasteiger partial charge in [-0.15, -0.1) is 11.8 Å². The number of halogens is 1. The number of rotatable bonds is 3. The lowest BCUT2D eigenvalue weighted by molar-refractivity contribution is 0.858. The highest BCUT2D eigenvalue weighted by molar-refractivity contribution is 7.99. The molecule has 94 valence electrons. The number of aromatic nitrogens is 2. The molecule has 1 aliphatic rings. The molecule has 0 saturated heterocycles. The normalized spacial score (nSPS) is 13.7. The van der Waals surface area contributed by atoms with Gasteiger partial charge in [0.25, 0.3) is 0 Å². The molecule has 1 aliphatic heterocycles. The fraction of sp³-hybridized carbons (Fsp3) is 0.333. The highest BCUT2D eigenvalue weighted by Gasteiger charge is 2.21. The number of hydrogen-bond acceptors (Lipinski definition) is 5. The molecule has 0 bridgehead atoms. The average Bonchev–Trinajstić information content (AvgIpc) is 2.97. The minimum absolute atomic E-state index is 0.350. The first-order valence-electron chi connectivity index (χ1n) is 5.65. The summed E-state index contributed by atoms with van der Waals surface area (Å²) in [4.78, 5) is 12.0. The number of nitrogens with zero attached hydrogens (tertiary/aromatic N) is 3. The van der Waals surface area contributed by atoms with Crippen LogP contribution in [-0.4, -0.2) is 22.8 Å². The maximum atomic E-state index is 6.00. The summed E-state index contributed by atoms with van der Waals surface area (Å²) in [5.74, 6) is 2.03. The molecule has 18 heavy (non-hydrogen) atoms. The Bertz CT molecular complexity index is 557. The third kappa shape index (κ3) is 2.35. The Morgan fingerprint density at radius 2 is 2.33 bits per heavy atom. The molecule has 0 spiro atoms. The fourth-order valence-corrected chi connectivity index (χ4v) is 4.00. The Balaban J connectivity index is 1.92. The molecule has 6 heteroatoms. The molecule has 3 heterocycles. The Hall–Kier alpha value is -0.780. The second-order valence-corrected chi connectivity index (χ2v) is 6.40. The lowest BCUT2D eigenvalue weighted by atomic mass is 10.3. The van der Waals surface area contributed by atoms with Crippen molar-refractivity contribution in [2.45, 2.75) is 17.9 Å². The van der Waals surface area contributed by atoms with Crippen molar-refractivity contribution in [2.24, 2.45) is 0 Å². The first kappa shape index (κ1) is 12.3. The predicted octanol–water partition coefficient (Wildman–Crippen LogP) is 3.48. The molecule has 0 amide bonds. The molecule has 0 aromatic carbocycles. The number of thioether (sulfide) groups is 1. The maximum absolute atomic E-state index is 6.00. The average molecular weight is 298 g/mol. The van der Waals surface area contributed by atoms with E-state index >= 15 is 0 Å².